The molecule has 186 valence electrons. The second kappa shape index (κ2) is 11.6. The van der Waals surface area contributed by atoms with Crippen LogP contribution in [0.25, 0.3) is 0 Å². The van der Waals surface area contributed by atoms with Crippen LogP contribution >= 0.6 is 27.5 Å². The summed E-state index contributed by atoms with van der Waals surface area (Å²) in [6.45, 7) is 7.09. The zero-order valence-electron chi connectivity index (χ0n) is 20.0. The van der Waals surface area contributed by atoms with E-state index in [1.165, 1.54) is 4.90 Å². The van der Waals surface area contributed by atoms with Crippen LogP contribution in [0.2, 0.25) is 5.02 Å². The Bertz CT molecular complexity index is 1120. The van der Waals surface area contributed by atoms with Crippen molar-refractivity contribution in [2.75, 3.05) is 17.1 Å². The minimum atomic E-state index is -3.78. The number of rotatable bonds is 9. The van der Waals surface area contributed by atoms with E-state index in [0.717, 1.165) is 16.1 Å². The van der Waals surface area contributed by atoms with E-state index in [9.17, 15) is 18.0 Å². The van der Waals surface area contributed by atoms with Crippen LogP contribution in [0.1, 0.15) is 39.7 Å². The van der Waals surface area contributed by atoms with Gasteiger partial charge in [-0.25, -0.2) is 8.42 Å². The number of halogens is 2. The van der Waals surface area contributed by atoms with Crippen LogP contribution in [0.5, 0.6) is 0 Å². The largest absolute Gasteiger partial charge is 0.350 e. The van der Waals surface area contributed by atoms with Crippen molar-refractivity contribution >= 4 is 55.1 Å². The predicted octanol–water partition coefficient (Wildman–Crippen LogP) is 4.59. The van der Waals surface area contributed by atoms with Crippen molar-refractivity contribution in [3.8, 4) is 0 Å². The van der Waals surface area contributed by atoms with Crippen molar-refractivity contribution in [2.45, 2.75) is 52.2 Å². The minimum absolute atomic E-state index is 0.127. The summed E-state index contributed by atoms with van der Waals surface area (Å²) in [5.74, 6) is -0.790. The first-order valence-electron chi connectivity index (χ1n) is 10.8. The summed E-state index contributed by atoms with van der Waals surface area (Å²) in [5, 5.41) is 3.48. The van der Waals surface area contributed by atoms with Gasteiger partial charge in [-0.1, -0.05) is 52.7 Å². The van der Waals surface area contributed by atoms with E-state index in [0.29, 0.717) is 21.6 Å². The van der Waals surface area contributed by atoms with Gasteiger partial charge in [0, 0.05) is 21.6 Å². The molecule has 0 unspecified atom stereocenters. The van der Waals surface area contributed by atoms with Gasteiger partial charge >= 0.3 is 0 Å². The van der Waals surface area contributed by atoms with Gasteiger partial charge in [0.1, 0.15) is 12.6 Å². The second-order valence-electron chi connectivity index (χ2n) is 9.06. The molecule has 0 saturated carbocycles. The van der Waals surface area contributed by atoms with Crippen molar-refractivity contribution in [1.82, 2.24) is 10.2 Å². The van der Waals surface area contributed by atoms with E-state index in [1.807, 2.05) is 27.7 Å². The lowest BCUT2D eigenvalue weighted by Gasteiger charge is -2.34. The molecule has 0 saturated heterocycles. The van der Waals surface area contributed by atoms with E-state index in [4.69, 9.17) is 11.6 Å². The number of hydrogen-bond donors (Lipinski definition) is 1. The summed E-state index contributed by atoms with van der Waals surface area (Å²) >= 11 is 9.34. The van der Waals surface area contributed by atoms with Crippen molar-refractivity contribution in [2.24, 2.45) is 0 Å². The molecule has 0 aliphatic carbocycles. The lowest BCUT2D eigenvalue weighted by molar-refractivity contribution is -0.141. The van der Waals surface area contributed by atoms with Crippen LogP contribution < -0.4 is 9.62 Å². The highest BCUT2D eigenvalue weighted by Gasteiger charge is 2.33. The highest BCUT2D eigenvalue weighted by Crippen LogP contribution is 2.23. The fourth-order valence-corrected chi connectivity index (χ4v) is 4.76. The number of anilines is 1. The lowest BCUT2D eigenvalue weighted by Crippen LogP contribution is -2.55. The molecule has 0 aromatic heterocycles. The third-order valence-electron chi connectivity index (χ3n) is 4.93. The predicted molar refractivity (Wildman–Crippen MR) is 140 cm³/mol. The fourth-order valence-electron chi connectivity index (χ4n) is 3.40. The smallest absolute Gasteiger partial charge is 0.244 e. The molecule has 0 aliphatic heterocycles. The maximum Gasteiger partial charge on any atom is 0.244 e. The number of carbonyl (C=O) groups is 2. The average molecular weight is 573 g/mol. The zero-order valence-corrected chi connectivity index (χ0v) is 23.2. The summed E-state index contributed by atoms with van der Waals surface area (Å²) in [6, 6.07) is 12.9. The molecule has 0 heterocycles. The van der Waals surface area contributed by atoms with E-state index in [1.54, 1.807) is 48.5 Å². The molecule has 0 aliphatic rings. The average Bonchev–Trinajstić information content (AvgIpc) is 2.71. The Kier molecular flexibility index (Phi) is 9.56. The Morgan fingerprint density at radius 2 is 1.74 bits per heavy atom. The Balaban J connectivity index is 2.45. The third kappa shape index (κ3) is 8.29. The molecular formula is C24H31BrClN3O4S. The summed E-state index contributed by atoms with van der Waals surface area (Å²) in [5.41, 5.74) is 0.631. The van der Waals surface area contributed by atoms with Crippen LogP contribution in [-0.4, -0.2) is 49.5 Å². The van der Waals surface area contributed by atoms with Crippen molar-refractivity contribution < 1.29 is 18.0 Å². The fraction of sp³-hybridized carbons (Fsp3) is 0.417. The molecule has 0 radical (unpaired) electrons. The molecule has 2 amide bonds. The van der Waals surface area contributed by atoms with Crippen molar-refractivity contribution in [1.29, 1.82) is 0 Å². The molecule has 2 aromatic carbocycles. The van der Waals surface area contributed by atoms with Crippen molar-refractivity contribution in [3.63, 3.8) is 0 Å². The first-order valence-corrected chi connectivity index (χ1v) is 13.8. The maximum atomic E-state index is 13.6. The number of carbonyl (C=O) groups excluding carboxylic acids is 2. The Labute approximate surface area is 215 Å². The van der Waals surface area contributed by atoms with Gasteiger partial charge < -0.3 is 10.2 Å². The highest BCUT2D eigenvalue weighted by molar-refractivity contribution is 9.10. The van der Waals surface area contributed by atoms with E-state index in [2.05, 4.69) is 21.2 Å². The van der Waals surface area contributed by atoms with Crippen LogP contribution in [0.4, 0.5) is 5.69 Å². The molecule has 0 fully saturated rings. The Morgan fingerprint density at radius 1 is 1.12 bits per heavy atom. The molecule has 10 heteroatoms. The Hall–Kier alpha value is -2.10. The van der Waals surface area contributed by atoms with E-state index >= 15 is 0 Å². The summed E-state index contributed by atoms with van der Waals surface area (Å²) in [4.78, 5) is 28.1. The second-order valence-corrected chi connectivity index (χ2v) is 12.3. The Morgan fingerprint density at radius 3 is 2.24 bits per heavy atom. The number of nitrogens with zero attached hydrogens (tertiary/aromatic N) is 2. The number of nitrogens with one attached hydrogen (secondary N) is 1. The molecule has 34 heavy (non-hydrogen) atoms. The molecule has 1 N–H and O–H groups in total. The van der Waals surface area contributed by atoms with Crippen LogP contribution in [0, 0.1) is 0 Å². The topological polar surface area (TPSA) is 86.8 Å². The monoisotopic (exact) mass is 571 g/mol. The van der Waals surface area contributed by atoms with Gasteiger partial charge in [-0.3, -0.25) is 13.9 Å². The van der Waals surface area contributed by atoms with E-state index < -0.39 is 34.1 Å². The lowest BCUT2D eigenvalue weighted by atomic mass is 10.1. The van der Waals surface area contributed by atoms with Gasteiger partial charge in [0.25, 0.3) is 0 Å². The van der Waals surface area contributed by atoms with Gasteiger partial charge in [-0.15, -0.1) is 0 Å². The number of sulfonamides is 1. The van der Waals surface area contributed by atoms with Gasteiger partial charge in [0.05, 0.1) is 11.9 Å². The normalized spacial score (nSPS) is 12.7. The zero-order chi connectivity index (χ0) is 25.7. The molecule has 0 spiro atoms. The van der Waals surface area contributed by atoms with Crippen LogP contribution in [0.15, 0.2) is 53.0 Å². The van der Waals surface area contributed by atoms with Gasteiger partial charge in [0.15, 0.2) is 0 Å². The van der Waals surface area contributed by atoms with Crippen molar-refractivity contribution in [3.05, 3.63) is 63.6 Å². The molecule has 0 bridgehead atoms. The van der Waals surface area contributed by atoms with Gasteiger partial charge in [-0.05, 0) is 63.1 Å². The number of amides is 2. The first kappa shape index (κ1) is 28.1. The summed E-state index contributed by atoms with van der Waals surface area (Å²) in [6.07, 6.45) is 1.41. The molecule has 1 atom stereocenters. The van der Waals surface area contributed by atoms with E-state index in [-0.39, 0.29) is 12.5 Å². The standard InChI is InChI=1S/C24H31BrClN3O4S/c1-6-21(23(31)27-24(2,3)4)28(15-17-10-12-19(26)13-11-17)22(30)16-29(34(5,32)33)20-9-7-8-18(25)14-20/h7-14,21H,6,15-16H2,1-5H3,(H,27,31)/t21-/m0/s1. The van der Waals surface area contributed by atoms with Crippen LogP contribution in [-0.2, 0) is 26.2 Å². The summed E-state index contributed by atoms with van der Waals surface area (Å²) < 4.78 is 26.9. The number of hydrogen-bond acceptors (Lipinski definition) is 4. The molecule has 2 rings (SSSR count). The molecular weight excluding hydrogens is 542 g/mol. The van der Waals surface area contributed by atoms with Crippen LogP contribution in [0.3, 0.4) is 0 Å². The number of benzene rings is 2. The third-order valence-corrected chi connectivity index (χ3v) is 6.81. The maximum absolute atomic E-state index is 13.6. The first-order chi connectivity index (χ1) is 15.7. The van der Waals surface area contributed by atoms with Gasteiger partial charge in [0.2, 0.25) is 21.8 Å². The SMILES string of the molecule is CC[C@@H](C(=O)NC(C)(C)C)N(Cc1ccc(Cl)cc1)C(=O)CN(c1cccc(Br)c1)S(C)(=O)=O. The summed E-state index contributed by atoms with van der Waals surface area (Å²) in [7, 11) is -3.78. The van der Waals surface area contributed by atoms with Gasteiger partial charge in [-0.2, -0.15) is 0 Å². The molecule has 2 aromatic rings. The quantitative estimate of drug-likeness (QED) is 0.476. The highest BCUT2D eigenvalue weighted by atomic mass is 79.9. The molecule has 7 nitrogen and oxygen atoms in total. The minimum Gasteiger partial charge on any atom is -0.350 e.